The van der Waals surface area contributed by atoms with Crippen molar-refractivity contribution in [2.75, 3.05) is 19.6 Å². The van der Waals surface area contributed by atoms with Crippen LogP contribution in [-0.4, -0.2) is 39.1 Å². The average molecular weight is 280 g/mol. The minimum absolute atomic E-state index is 0.535. The Hall–Kier alpha value is -2.07. The lowest BCUT2D eigenvalue weighted by Gasteiger charge is -2.17. The third-order valence-corrected chi connectivity index (χ3v) is 4.58. The highest BCUT2D eigenvalue weighted by Crippen LogP contribution is 2.31. The number of nitrogens with one attached hydrogen (secondary N) is 1. The van der Waals surface area contributed by atoms with Gasteiger partial charge in [0.1, 0.15) is 5.82 Å². The van der Waals surface area contributed by atoms with Gasteiger partial charge < -0.3 is 14.5 Å². The fourth-order valence-corrected chi connectivity index (χ4v) is 3.41. The number of imidazole rings is 1. The lowest BCUT2D eigenvalue weighted by molar-refractivity contribution is 0.342. The Morgan fingerprint density at radius 3 is 3.14 bits per heavy atom. The molecule has 3 heterocycles. The first-order valence-corrected chi connectivity index (χ1v) is 7.68. The highest BCUT2D eigenvalue weighted by atomic mass is 15.2. The van der Waals surface area contributed by atoms with E-state index >= 15 is 0 Å². The summed E-state index contributed by atoms with van der Waals surface area (Å²) in [6.07, 6.45) is 7.25. The van der Waals surface area contributed by atoms with Crippen LogP contribution < -0.4 is 0 Å². The van der Waals surface area contributed by atoms with Gasteiger partial charge in [-0.3, -0.25) is 0 Å². The molecule has 1 aromatic carbocycles. The number of fused-ring (bicyclic) bond motifs is 1. The molecule has 0 aliphatic carbocycles. The third-order valence-electron chi connectivity index (χ3n) is 4.58. The van der Waals surface area contributed by atoms with Crippen molar-refractivity contribution in [3.05, 3.63) is 42.9 Å². The molecule has 3 aromatic rings. The fourth-order valence-electron chi connectivity index (χ4n) is 3.41. The predicted molar refractivity (Wildman–Crippen MR) is 85.3 cm³/mol. The first kappa shape index (κ1) is 12.7. The van der Waals surface area contributed by atoms with Crippen LogP contribution in [0.4, 0.5) is 0 Å². The van der Waals surface area contributed by atoms with Gasteiger partial charge in [-0.1, -0.05) is 19.1 Å². The summed E-state index contributed by atoms with van der Waals surface area (Å²) < 4.78 is 2.35. The standard InChI is InChI=1S/C17H20N4/c1-2-20-10-7-14(12-20)21-11-9-19-17(21)15-5-3-4-13-6-8-18-16(13)15/h3-6,8-9,11,14,18H,2,7,10,12H2,1H3. The molecular weight excluding hydrogens is 260 g/mol. The van der Waals surface area contributed by atoms with Crippen LogP contribution in [0.25, 0.3) is 22.3 Å². The van der Waals surface area contributed by atoms with Crippen LogP contribution in [0.15, 0.2) is 42.9 Å². The maximum Gasteiger partial charge on any atom is 0.142 e. The van der Waals surface area contributed by atoms with Gasteiger partial charge in [-0.15, -0.1) is 0 Å². The molecule has 1 aliphatic rings. The van der Waals surface area contributed by atoms with Crippen molar-refractivity contribution in [2.45, 2.75) is 19.4 Å². The van der Waals surface area contributed by atoms with Gasteiger partial charge in [-0.05, 0) is 25.1 Å². The fraction of sp³-hybridized carbons (Fsp3) is 0.353. The van der Waals surface area contributed by atoms with Gasteiger partial charge in [-0.2, -0.15) is 0 Å². The molecule has 4 heteroatoms. The van der Waals surface area contributed by atoms with Crippen LogP contribution >= 0.6 is 0 Å². The topological polar surface area (TPSA) is 36.9 Å². The van der Waals surface area contributed by atoms with Crippen molar-refractivity contribution in [3.8, 4) is 11.4 Å². The van der Waals surface area contributed by atoms with Crippen LogP contribution in [0.5, 0.6) is 0 Å². The Morgan fingerprint density at radius 2 is 2.29 bits per heavy atom. The van der Waals surface area contributed by atoms with E-state index in [0.717, 1.165) is 18.9 Å². The Kier molecular flexibility index (Phi) is 3.04. The summed E-state index contributed by atoms with van der Waals surface area (Å²) in [6.45, 7) is 5.68. The molecule has 1 unspecified atom stereocenters. The molecule has 1 fully saturated rings. The summed E-state index contributed by atoms with van der Waals surface area (Å²) in [6, 6.07) is 9.05. The molecule has 4 nitrogen and oxygen atoms in total. The molecule has 0 bridgehead atoms. The number of hydrogen-bond donors (Lipinski definition) is 1. The van der Waals surface area contributed by atoms with E-state index in [4.69, 9.17) is 0 Å². The van der Waals surface area contributed by atoms with E-state index < -0.39 is 0 Å². The Morgan fingerprint density at radius 1 is 1.33 bits per heavy atom. The number of hydrogen-bond acceptors (Lipinski definition) is 2. The van der Waals surface area contributed by atoms with Crippen molar-refractivity contribution >= 4 is 10.9 Å². The van der Waals surface area contributed by atoms with Crippen LogP contribution in [0.2, 0.25) is 0 Å². The van der Waals surface area contributed by atoms with E-state index in [1.165, 1.54) is 29.4 Å². The maximum atomic E-state index is 4.64. The molecule has 0 saturated carbocycles. The molecule has 1 N–H and O–H groups in total. The van der Waals surface area contributed by atoms with Gasteiger partial charge >= 0.3 is 0 Å². The molecule has 1 atom stereocenters. The van der Waals surface area contributed by atoms with E-state index in [-0.39, 0.29) is 0 Å². The number of likely N-dealkylation sites (tertiary alicyclic amines) is 1. The normalized spacial score (nSPS) is 19.6. The van der Waals surface area contributed by atoms with E-state index in [1.54, 1.807) is 0 Å². The van der Waals surface area contributed by atoms with Crippen molar-refractivity contribution in [1.82, 2.24) is 19.4 Å². The lowest BCUT2D eigenvalue weighted by atomic mass is 10.1. The zero-order chi connectivity index (χ0) is 14.2. The summed E-state index contributed by atoms with van der Waals surface area (Å²) >= 11 is 0. The van der Waals surface area contributed by atoms with Crippen LogP contribution in [0.1, 0.15) is 19.4 Å². The number of H-pyrrole nitrogens is 1. The molecular formula is C17H20N4. The number of benzene rings is 1. The SMILES string of the molecule is CCN1CCC(n2ccnc2-c2cccc3cc[nH]c23)C1. The summed E-state index contributed by atoms with van der Waals surface area (Å²) in [5.74, 6) is 1.08. The van der Waals surface area contributed by atoms with Gasteiger partial charge in [0, 0.05) is 48.7 Å². The molecule has 0 radical (unpaired) electrons. The molecule has 2 aromatic heterocycles. The van der Waals surface area contributed by atoms with Crippen LogP contribution in [0.3, 0.4) is 0 Å². The Balaban J connectivity index is 1.77. The number of para-hydroxylation sites is 1. The van der Waals surface area contributed by atoms with Crippen molar-refractivity contribution in [2.24, 2.45) is 0 Å². The Labute approximate surface area is 124 Å². The first-order chi connectivity index (χ1) is 10.4. The van der Waals surface area contributed by atoms with E-state index in [0.29, 0.717) is 6.04 Å². The summed E-state index contributed by atoms with van der Waals surface area (Å²) in [5.41, 5.74) is 2.37. The van der Waals surface area contributed by atoms with Crippen LogP contribution in [0, 0.1) is 0 Å². The van der Waals surface area contributed by atoms with Gasteiger partial charge in [0.15, 0.2) is 0 Å². The summed E-state index contributed by atoms with van der Waals surface area (Å²) in [4.78, 5) is 10.5. The van der Waals surface area contributed by atoms with Gasteiger partial charge in [-0.25, -0.2) is 4.98 Å². The second kappa shape index (κ2) is 5.04. The average Bonchev–Trinajstić information content (AvgIpc) is 3.25. The summed E-state index contributed by atoms with van der Waals surface area (Å²) in [5, 5.41) is 1.24. The molecule has 1 saturated heterocycles. The number of likely N-dealkylation sites (N-methyl/N-ethyl adjacent to an activating group) is 1. The first-order valence-electron chi connectivity index (χ1n) is 7.68. The molecule has 108 valence electrons. The third kappa shape index (κ3) is 2.07. The molecule has 0 amide bonds. The number of aromatic amines is 1. The molecule has 1 aliphatic heterocycles. The lowest BCUT2D eigenvalue weighted by Crippen LogP contribution is -2.21. The molecule has 21 heavy (non-hydrogen) atoms. The molecule has 0 spiro atoms. The highest BCUT2D eigenvalue weighted by molar-refractivity contribution is 5.92. The largest absolute Gasteiger partial charge is 0.361 e. The zero-order valence-corrected chi connectivity index (χ0v) is 12.3. The molecule has 4 rings (SSSR count). The van der Waals surface area contributed by atoms with Gasteiger partial charge in [0.2, 0.25) is 0 Å². The second-order valence-corrected chi connectivity index (χ2v) is 5.74. The van der Waals surface area contributed by atoms with Gasteiger partial charge in [0.25, 0.3) is 0 Å². The van der Waals surface area contributed by atoms with E-state index in [1.807, 2.05) is 12.4 Å². The maximum absolute atomic E-state index is 4.64. The van der Waals surface area contributed by atoms with E-state index in [2.05, 4.69) is 56.8 Å². The van der Waals surface area contributed by atoms with Crippen molar-refractivity contribution in [3.63, 3.8) is 0 Å². The highest BCUT2D eigenvalue weighted by Gasteiger charge is 2.25. The van der Waals surface area contributed by atoms with Crippen molar-refractivity contribution < 1.29 is 0 Å². The quantitative estimate of drug-likeness (QED) is 0.799. The summed E-state index contributed by atoms with van der Waals surface area (Å²) in [7, 11) is 0. The number of rotatable bonds is 3. The van der Waals surface area contributed by atoms with Crippen LogP contribution in [-0.2, 0) is 0 Å². The van der Waals surface area contributed by atoms with Gasteiger partial charge in [0.05, 0.1) is 5.52 Å². The Bertz CT molecular complexity index is 755. The minimum Gasteiger partial charge on any atom is -0.361 e. The predicted octanol–water partition coefficient (Wildman–Crippen LogP) is 3.30. The number of aromatic nitrogens is 3. The number of nitrogens with zero attached hydrogens (tertiary/aromatic N) is 3. The van der Waals surface area contributed by atoms with E-state index in [9.17, 15) is 0 Å². The zero-order valence-electron chi connectivity index (χ0n) is 12.3. The minimum atomic E-state index is 0.535. The smallest absolute Gasteiger partial charge is 0.142 e. The second-order valence-electron chi connectivity index (χ2n) is 5.74. The van der Waals surface area contributed by atoms with Crippen molar-refractivity contribution in [1.29, 1.82) is 0 Å². The monoisotopic (exact) mass is 280 g/mol.